The van der Waals surface area contributed by atoms with Gasteiger partial charge in [0, 0.05) is 0 Å². The number of ether oxygens (including phenoxy) is 1. The van der Waals surface area contributed by atoms with Gasteiger partial charge in [0.2, 0.25) is 0 Å². The summed E-state index contributed by atoms with van der Waals surface area (Å²) in [6.07, 6.45) is 1.71. The van der Waals surface area contributed by atoms with Crippen LogP contribution in [-0.4, -0.2) is 28.9 Å². The van der Waals surface area contributed by atoms with Gasteiger partial charge in [0.15, 0.2) is 0 Å². The second-order valence-corrected chi connectivity index (χ2v) is 2.64. The zero-order valence-electron chi connectivity index (χ0n) is 5.03. The maximum atomic E-state index is 4.87. The van der Waals surface area contributed by atoms with E-state index in [9.17, 15) is 0 Å². The van der Waals surface area contributed by atoms with Crippen molar-refractivity contribution >= 4 is 21.2 Å². The van der Waals surface area contributed by atoms with Gasteiger partial charge in [0.05, 0.1) is 0 Å². The van der Waals surface area contributed by atoms with Crippen molar-refractivity contribution in [2.45, 2.75) is 0 Å². The predicted octanol–water partition coefficient (Wildman–Crippen LogP) is -0.116. The molecular weight excluding hydrogens is 177 g/mol. The maximum absolute atomic E-state index is 4.87. The van der Waals surface area contributed by atoms with E-state index in [1.807, 2.05) is 12.1 Å². The Bertz CT molecular complexity index is 202. The average molecular weight is 183 g/mol. The third-order valence-corrected chi connectivity index (χ3v) is 1.51. The van der Waals surface area contributed by atoms with Crippen LogP contribution in [0, 0.1) is 0 Å². The van der Waals surface area contributed by atoms with Crippen LogP contribution in [0.5, 0.6) is 5.88 Å². The zero-order valence-corrected chi connectivity index (χ0v) is 6.91. The van der Waals surface area contributed by atoms with Crippen LogP contribution in [0.3, 0.4) is 0 Å². The number of hydrogen-bond acceptors (Lipinski definition) is 2. The molecule has 3 heteroatoms. The van der Waals surface area contributed by atoms with Crippen LogP contribution in [0.25, 0.3) is 0 Å². The molecule has 0 aromatic carbocycles. The molecule has 2 nitrogen and oxygen atoms in total. The molecule has 0 atom stereocenters. The summed E-state index contributed by atoms with van der Waals surface area (Å²) in [7, 11) is 1.61. The Morgan fingerprint density at radius 2 is 2.44 bits per heavy atom. The average Bonchev–Trinajstić information content (AvgIpc) is 1.88. The zero-order chi connectivity index (χ0) is 6.69. The second kappa shape index (κ2) is 2.88. The van der Waals surface area contributed by atoms with E-state index in [2.05, 4.69) is 21.8 Å². The van der Waals surface area contributed by atoms with Crippen LogP contribution >= 0.6 is 0 Å². The number of hydrogen-bond donors (Lipinski definition) is 0. The molecule has 2 radical (unpaired) electrons. The molecule has 0 aliphatic carbocycles. The van der Waals surface area contributed by atoms with Crippen molar-refractivity contribution in [3.05, 3.63) is 18.3 Å². The molecule has 0 spiro atoms. The minimum absolute atomic E-state index is 0.660. The molecule has 1 aromatic rings. The van der Waals surface area contributed by atoms with Crippen molar-refractivity contribution in [3.8, 4) is 5.88 Å². The number of pyridine rings is 1. The summed E-state index contributed by atoms with van der Waals surface area (Å²) in [5.41, 5.74) is 0. The molecule has 0 aliphatic heterocycles. The molecule has 1 rings (SSSR count). The quantitative estimate of drug-likeness (QED) is 0.566. The van der Waals surface area contributed by atoms with Gasteiger partial charge in [-0.15, -0.1) is 0 Å². The van der Waals surface area contributed by atoms with Gasteiger partial charge in [-0.1, -0.05) is 0 Å². The number of methoxy groups -OCH3 is 1. The van der Waals surface area contributed by atoms with Gasteiger partial charge in [-0.3, -0.25) is 0 Å². The van der Waals surface area contributed by atoms with Gasteiger partial charge in [0.25, 0.3) is 0 Å². The summed E-state index contributed by atoms with van der Waals surface area (Å²) < 4.78 is 5.98. The standard InChI is InChI=1S/C6H6AsNO/c1-9-6-4-5(7)2-3-8-6/h2-4H,1H3. The first-order chi connectivity index (χ1) is 4.33. The molecule has 1 heterocycles. The predicted molar refractivity (Wildman–Crippen MR) is 36.2 cm³/mol. The van der Waals surface area contributed by atoms with Gasteiger partial charge in [-0.2, -0.15) is 0 Å². The van der Waals surface area contributed by atoms with Crippen molar-refractivity contribution in [3.63, 3.8) is 0 Å². The first-order valence-corrected chi connectivity index (χ1v) is 3.46. The van der Waals surface area contributed by atoms with E-state index in [1.165, 1.54) is 0 Å². The van der Waals surface area contributed by atoms with Crippen molar-refractivity contribution in [1.29, 1.82) is 0 Å². The molecule has 1 aromatic heterocycles. The van der Waals surface area contributed by atoms with Gasteiger partial charge in [0.1, 0.15) is 0 Å². The van der Waals surface area contributed by atoms with Crippen LogP contribution in [0.2, 0.25) is 0 Å². The number of nitrogens with zero attached hydrogens (tertiary/aromatic N) is 1. The van der Waals surface area contributed by atoms with E-state index in [1.54, 1.807) is 13.3 Å². The van der Waals surface area contributed by atoms with E-state index in [0.717, 1.165) is 4.35 Å². The van der Waals surface area contributed by atoms with Crippen molar-refractivity contribution in [2.24, 2.45) is 0 Å². The fraction of sp³-hybridized carbons (Fsp3) is 0.167. The Hall–Kier alpha value is -0.492. The van der Waals surface area contributed by atoms with Gasteiger partial charge in [-0.25, -0.2) is 0 Å². The summed E-state index contributed by atoms with van der Waals surface area (Å²) >= 11 is 2.43. The van der Waals surface area contributed by atoms with Crippen LogP contribution in [0.15, 0.2) is 18.3 Å². The summed E-state index contributed by atoms with van der Waals surface area (Å²) in [6.45, 7) is 0. The molecule has 0 saturated heterocycles. The number of rotatable bonds is 1. The molecular formula is C6H6AsNO. The third-order valence-electron chi connectivity index (χ3n) is 0.928. The Morgan fingerprint density at radius 3 is 2.89 bits per heavy atom. The van der Waals surface area contributed by atoms with E-state index in [0.29, 0.717) is 5.88 Å². The van der Waals surface area contributed by atoms with E-state index in [-0.39, 0.29) is 0 Å². The fourth-order valence-corrected chi connectivity index (χ4v) is 0.882. The van der Waals surface area contributed by atoms with Crippen LogP contribution in [-0.2, 0) is 0 Å². The van der Waals surface area contributed by atoms with Gasteiger partial charge >= 0.3 is 62.2 Å². The first-order valence-electron chi connectivity index (χ1n) is 2.52. The molecule has 46 valence electrons. The van der Waals surface area contributed by atoms with E-state index < -0.39 is 0 Å². The fourth-order valence-electron chi connectivity index (χ4n) is 0.511. The Morgan fingerprint density at radius 1 is 1.67 bits per heavy atom. The van der Waals surface area contributed by atoms with Crippen molar-refractivity contribution < 1.29 is 4.74 Å². The molecule has 0 saturated carbocycles. The molecule has 0 amide bonds. The Kier molecular flexibility index (Phi) is 2.12. The topological polar surface area (TPSA) is 22.1 Å². The van der Waals surface area contributed by atoms with E-state index >= 15 is 0 Å². The molecule has 0 aliphatic rings. The van der Waals surface area contributed by atoms with E-state index in [4.69, 9.17) is 4.74 Å². The molecule has 0 bridgehead atoms. The normalized spacial score (nSPS) is 9.11. The Balaban J connectivity index is 2.94. The molecule has 9 heavy (non-hydrogen) atoms. The summed E-state index contributed by atoms with van der Waals surface area (Å²) in [5, 5.41) is 0. The second-order valence-electron chi connectivity index (χ2n) is 1.56. The molecule has 0 N–H and O–H groups in total. The van der Waals surface area contributed by atoms with Crippen molar-refractivity contribution in [2.75, 3.05) is 7.11 Å². The monoisotopic (exact) mass is 183 g/mol. The summed E-state index contributed by atoms with van der Waals surface area (Å²) in [5.74, 6) is 0.660. The van der Waals surface area contributed by atoms with Crippen molar-refractivity contribution in [1.82, 2.24) is 4.98 Å². The van der Waals surface area contributed by atoms with Crippen LogP contribution < -0.4 is 9.09 Å². The SMILES string of the molecule is COc1cc([As])ccn1. The Labute approximate surface area is 62.8 Å². The molecule has 0 unspecified atom stereocenters. The summed E-state index contributed by atoms with van der Waals surface area (Å²) in [4.78, 5) is 3.93. The minimum atomic E-state index is 0.660. The first kappa shape index (κ1) is 6.63. The van der Waals surface area contributed by atoms with Gasteiger partial charge < -0.3 is 0 Å². The van der Waals surface area contributed by atoms with Crippen LogP contribution in [0.4, 0.5) is 0 Å². The number of aromatic nitrogens is 1. The van der Waals surface area contributed by atoms with Gasteiger partial charge in [-0.05, 0) is 0 Å². The summed E-state index contributed by atoms with van der Waals surface area (Å²) in [6, 6.07) is 3.77. The molecule has 0 fully saturated rings. The third kappa shape index (κ3) is 1.72. The van der Waals surface area contributed by atoms with Crippen LogP contribution in [0.1, 0.15) is 0 Å².